The molecule has 0 radical (unpaired) electrons. The van der Waals surface area contributed by atoms with Crippen LogP contribution in [0.5, 0.6) is 0 Å². The van der Waals surface area contributed by atoms with Crippen LogP contribution in [0.15, 0.2) is 12.1 Å². The molecule has 0 heterocycles. The number of nitrogens with zero attached hydrogens (tertiary/aromatic N) is 1. The van der Waals surface area contributed by atoms with E-state index >= 15 is 0 Å². The highest BCUT2D eigenvalue weighted by molar-refractivity contribution is 5.50. The van der Waals surface area contributed by atoms with Gasteiger partial charge in [0.05, 0.1) is 17.7 Å². The molecule has 1 aromatic rings. The fourth-order valence-corrected chi connectivity index (χ4v) is 1.40. The third-order valence-electron chi connectivity index (χ3n) is 2.19. The highest BCUT2D eigenvalue weighted by atomic mass is 19.1. The molecule has 1 atom stereocenters. The van der Waals surface area contributed by atoms with E-state index < -0.39 is 11.6 Å². The van der Waals surface area contributed by atoms with Gasteiger partial charge in [0.2, 0.25) is 0 Å². The van der Waals surface area contributed by atoms with E-state index in [2.05, 4.69) is 5.32 Å². The minimum Gasteiger partial charge on any atom is -0.378 e. The van der Waals surface area contributed by atoms with Gasteiger partial charge in [-0.2, -0.15) is 5.26 Å². The summed E-state index contributed by atoms with van der Waals surface area (Å²) < 4.78 is 32.1. The van der Waals surface area contributed by atoms with Crippen LogP contribution in [0.3, 0.4) is 0 Å². The molecule has 0 spiro atoms. The van der Waals surface area contributed by atoms with Gasteiger partial charge in [-0.15, -0.1) is 0 Å². The normalized spacial score (nSPS) is 11.9. The van der Waals surface area contributed by atoms with E-state index in [0.717, 1.165) is 12.1 Å². The number of nitriles is 1. The first-order valence-electron chi connectivity index (χ1n) is 5.33. The van der Waals surface area contributed by atoms with Crippen molar-refractivity contribution in [3.8, 4) is 6.07 Å². The van der Waals surface area contributed by atoms with Crippen molar-refractivity contribution in [2.75, 3.05) is 18.5 Å². The van der Waals surface area contributed by atoms with E-state index in [-0.39, 0.29) is 17.4 Å². The monoisotopic (exact) mass is 240 g/mol. The lowest BCUT2D eigenvalue weighted by Gasteiger charge is -2.14. The van der Waals surface area contributed by atoms with E-state index in [1.165, 1.54) is 0 Å². The van der Waals surface area contributed by atoms with Crippen molar-refractivity contribution in [3.63, 3.8) is 0 Å². The zero-order chi connectivity index (χ0) is 12.8. The van der Waals surface area contributed by atoms with Crippen molar-refractivity contribution in [1.29, 1.82) is 5.26 Å². The van der Waals surface area contributed by atoms with Crippen molar-refractivity contribution in [3.05, 3.63) is 29.3 Å². The summed E-state index contributed by atoms with van der Waals surface area (Å²) in [6, 6.07) is 3.68. The van der Waals surface area contributed by atoms with Crippen molar-refractivity contribution >= 4 is 5.69 Å². The van der Waals surface area contributed by atoms with Gasteiger partial charge >= 0.3 is 0 Å². The van der Waals surface area contributed by atoms with E-state index in [9.17, 15) is 8.78 Å². The number of halogens is 2. The number of nitrogens with one attached hydrogen (secondary N) is 1. The predicted molar refractivity (Wildman–Crippen MR) is 60.7 cm³/mol. The molecule has 0 saturated carbocycles. The molecule has 1 N–H and O–H groups in total. The molecule has 0 fully saturated rings. The molecule has 92 valence electrons. The molecule has 1 aromatic carbocycles. The topological polar surface area (TPSA) is 45.0 Å². The molecular formula is C12H14F2N2O. The smallest absolute Gasteiger partial charge is 0.150 e. The summed E-state index contributed by atoms with van der Waals surface area (Å²) in [4.78, 5) is 0. The summed E-state index contributed by atoms with van der Waals surface area (Å²) in [5.41, 5.74) is -0.265. The van der Waals surface area contributed by atoms with Crippen molar-refractivity contribution in [2.45, 2.75) is 20.0 Å². The molecule has 0 aromatic heterocycles. The summed E-state index contributed by atoms with van der Waals surface area (Å²) in [6.45, 7) is 4.49. The number of rotatable bonds is 5. The van der Waals surface area contributed by atoms with Gasteiger partial charge in [0.25, 0.3) is 0 Å². The molecule has 0 aliphatic rings. The second kappa shape index (κ2) is 6.16. The van der Waals surface area contributed by atoms with Crippen LogP contribution in [-0.4, -0.2) is 19.3 Å². The Morgan fingerprint density at radius 3 is 2.47 bits per heavy atom. The van der Waals surface area contributed by atoms with Crippen LogP contribution in [0.1, 0.15) is 19.4 Å². The van der Waals surface area contributed by atoms with E-state index in [4.69, 9.17) is 10.00 Å². The maximum Gasteiger partial charge on any atom is 0.150 e. The lowest BCUT2D eigenvalue weighted by molar-refractivity contribution is 0.0854. The highest BCUT2D eigenvalue weighted by Crippen LogP contribution is 2.20. The number of hydrogen-bond acceptors (Lipinski definition) is 3. The third kappa shape index (κ3) is 3.68. The molecular weight excluding hydrogens is 226 g/mol. The average molecular weight is 240 g/mol. The van der Waals surface area contributed by atoms with Gasteiger partial charge in [0, 0.05) is 13.2 Å². The van der Waals surface area contributed by atoms with Gasteiger partial charge in [0.1, 0.15) is 5.69 Å². The predicted octanol–water partition coefficient (Wildman–Crippen LogP) is 2.67. The maximum atomic E-state index is 13.4. The Morgan fingerprint density at radius 1 is 1.41 bits per heavy atom. The van der Waals surface area contributed by atoms with E-state index in [1.807, 2.05) is 6.92 Å². The standard InChI is InChI=1S/C12H14F2N2O/c1-3-17-8(2)7-16-12-10(13)4-9(6-15)5-11(12)14/h4-5,8,16H,3,7H2,1-2H3. The minimum absolute atomic E-state index is 0.0385. The molecule has 3 nitrogen and oxygen atoms in total. The zero-order valence-corrected chi connectivity index (χ0v) is 9.76. The van der Waals surface area contributed by atoms with Crippen molar-refractivity contribution in [1.82, 2.24) is 0 Å². The summed E-state index contributed by atoms with van der Waals surface area (Å²) >= 11 is 0. The molecule has 0 bridgehead atoms. The third-order valence-corrected chi connectivity index (χ3v) is 2.19. The Kier molecular flexibility index (Phi) is 4.85. The molecule has 0 aliphatic carbocycles. The second-order valence-corrected chi connectivity index (χ2v) is 3.57. The lowest BCUT2D eigenvalue weighted by atomic mass is 10.2. The Bertz CT molecular complexity index is 406. The zero-order valence-electron chi connectivity index (χ0n) is 9.76. The molecule has 0 amide bonds. The van der Waals surface area contributed by atoms with Crippen LogP contribution in [0.2, 0.25) is 0 Å². The van der Waals surface area contributed by atoms with Crippen LogP contribution < -0.4 is 5.32 Å². The maximum absolute atomic E-state index is 13.4. The second-order valence-electron chi connectivity index (χ2n) is 3.57. The Balaban J connectivity index is 2.75. The van der Waals surface area contributed by atoms with Crippen LogP contribution in [-0.2, 0) is 4.74 Å². The average Bonchev–Trinajstić information content (AvgIpc) is 2.28. The van der Waals surface area contributed by atoms with Gasteiger partial charge < -0.3 is 10.1 Å². The first kappa shape index (κ1) is 13.4. The quantitative estimate of drug-likeness (QED) is 0.860. The summed E-state index contributed by atoms with van der Waals surface area (Å²) in [5, 5.41) is 11.2. The fraction of sp³-hybridized carbons (Fsp3) is 0.417. The number of anilines is 1. The first-order chi connectivity index (χ1) is 8.08. The van der Waals surface area contributed by atoms with Gasteiger partial charge in [-0.25, -0.2) is 8.78 Å². The first-order valence-corrected chi connectivity index (χ1v) is 5.33. The molecule has 1 unspecified atom stereocenters. The van der Waals surface area contributed by atoms with Crippen LogP contribution in [0.25, 0.3) is 0 Å². The fourth-order valence-electron chi connectivity index (χ4n) is 1.40. The Labute approximate surface area is 99.0 Å². The number of ether oxygens (including phenoxy) is 1. The Hall–Kier alpha value is -1.67. The van der Waals surface area contributed by atoms with Crippen molar-refractivity contribution < 1.29 is 13.5 Å². The van der Waals surface area contributed by atoms with Crippen LogP contribution in [0, 0.1) is 23.0 Å². The molecule has 1 rings (SSSR count). The lowest BCUT2D eigenvalue weighted by Crippen LogP contribution is -2.20. The van der Waals surface area contributed by atoms with Gasteiger partial charge in [-0.3, -0.25) is 0 Å². The summed E-state index contributed by atoms with van der Waals surface area (Å²) in [6.07, 6.45) is -0.144. The largest absolute Gasteiger partial charge is 0.378 e. The summed E-state index contributed by atoms with van der Waals surface area (Å²) in [7, 11) is 0. The molecule has 0 saturated heterocycles. The van der Waals surface area contributed by atoms with Gasteiger partial charge in [-0.1, -0.05) is 0 Å². The Morgan fingerprint density at radius 2 is 2.00 bits per heavy atom. The van der Waals surface area contributed by atoms with Gasteiger partial charge in [0.15, 0.2) is 11.6 Å². The minimum atomic E-state index is -0.773. The molecule has 5 heteroatoms. The molecule has 0 aliphatic heterocycles. The van der Waals surface area contributed by atoms with Crippen molar-refractivity contribution in [2.24, 2.45) is 0 Å². The van der Waals surface area contributed by atoms with E-state index in [1.54, 1.807) is 13.0 Å². The number of hydrogen-bond donors (Lipinski definition) is 1. The van der Waals surface area contributed by atoms with Crippen LogP contribution >= 0.6 is 0 Å². The molecule has 17 heavy (non-hydrogen) atoms. The summed E-state index contributed by atoms with van der Waals surface area (Å²) in [5.74, 6) is -1.55. The van der Waals surface area contributed by atoms with Crippen LogP contribution in [0.4, 0.5) is 14.5 Å². The van der Waals surface area contributed by atoms with Gasteiger partial charge in [-0.05, 0) is 26.0 Å². The number of benzene rings is 1. The SMILES string of the molecule is CCOC(C)CNc1c(F)cc(C#N)cc1F. The highest BCUT2D eigenvalue weighted by Gasteiger charge is 2.12. The van der Waals surface area contributed by atoms with E-state index in [0.29, 0.717) is 13.2 Å².